The lowest BCUT2D eigenvalue weighted by Crippen LogP contribution is -2.49. The minimum absolute atomic E-state index is 0.0449. The average molecular weight is 368 g/mol. The molecule has 0 saturated carbocycles. The Balaban J connectivity index is 2.03. The summed E-state index contributed by atoms with van der Waals surface area (Å²) < 4.78 is 10.8. The molecule has 1 N–H and O–H groups in total. The molecule has 1 saturated heterocycles. The maximum absolute atomic E-state index is 12.4. The normalized spacial score (nSPS) is 20.3. The molecule has 2 rings (SSSR count). The highest BCUT2D eigenvalue weighted by molar-refractivity contribution is 7.16. The maximum Gasteiger partial charge on any atom is 0.341 e. The minimum Gasteiger partial charge on any atom is -0.452 e. The van der Waals surface area contributed by atoms with E-state index in [0.29, 0.717) is 23.7 Å². The Morgan fingerprint density at radius 1 is 1.24 bits per heavy atom. The zero-order valence-electron chi connectivity index (χ0n) is 15.2. The molecule has 1 fully saturated rings. The largest absolute Gasteiger partial charge is 0.452 e. The van der Waals surface area contributed by atoms with E-state index in [9.17, 15) is 14.4 Å². The van der Waals surface area contributed by atoms with Crippen molar-refractivity contribution in [2.75, 3.05) is 25.0 Å². The van der Waals surface area contributed by atoms with Gasteiger partial charge in [0.2, 0.25) is 5.91 Å². The fourth-order valence-corrected chi connectivity index (χ4v) is 3.89. The fraction of sp³-hybridized carbons (Fsp3) is 0.588. The van der Waals surface area contributed by atoms with Crippen molar-refractivity contribution in [3.63, 3.8) is 0 Å². The van der Waals surface area contributed by atoms with Gasteiger partial charge in [0.25, 0.3) is 5.91 Å². The second-order valence-corrected chi connectivity index (χ2v) is 7.53. The number of carbonyl (C=O) groups excluding carboxylic acids is 3. The summed E-state index contributed by atoms with van der Waals surface area (Å²) >= 11 is 1.32. The number of rotatable bonds is 4. The van der Waals surface area contributed by atoms with Gasteiger partial charge in [0, 0.05) is 24.9 Å². The van der Waals surface area contributed by atoms with Gasteiger partial charge in [-0.3, -0.25) is 9.59 Å². The van der Waals surface area contributed by atoms with Gasteiger partial charge in [-0.2, -0.15) is 0 Å². The zero-order valence-corrected chi connectivity index (χ0v) is 16.0. The van der Waals surface area contributed by atoms with Crippen molar-refractivity contribution < 1.29 is 23.9 Å². The Morgan fingerprint density at radius 2 is 1.84 bits per heavy atom. The van der Waals surface area contributed by atoms with E-state index < -0.39 is 5.97 Å². The van der Waals surface area contributed by atoms with Crippen LogP contribution in [-0.2, 0) is 19.1 Å². The topological polar surface area (TPSA) is 84.9 Å². The summed E-state index contributed by atoms with van der Waals surface area (Å²) in [6.07, 6.45) is -0.0897. The summed E-state index contributed by atoms with van der Waals surface area (Å²) in [7, 11) is 0. The van der Waals surface area contributed by atoms with E-state index in [0.717, 1.165) is 10.4 Å². The molecule has 1 aliphatic rings. The molecule has 2 atom stereocenters. The first-order chi connectivity index (χ1) is 11.7. The van der Waals surface area contributed by atoms with Gasteiger partial charge in [-0.25, -0.2) is 4.79 Å². The molecule has 8 heteroatoms. The first kappa shape index (κ1) is 19.4. The number of hydrogen-bond acceptors (Lipinski definition) is 6. The minimum atomic E-state index is -0.603. The predicted molar refractivity (Wildman–Crippen MR) is 95.0 cm³/mol. The summed E-state index contributed by atoms with van der Waals surface area (Å²) in [6.45, 7) is 9.47. The van der Waals surface area contributed by atoms with Gasteiger partial charge in [0.05, 0.1) is 17.8 Å². The van der Waals surface area contributed by atoms with E-state index in [1.54, 1.807) is 11.8 Å². The van der Waals surface area contributed by atoms with Gasteiger partial charge < -0.3 is 19.7 Å². The molecule has 1 aliphatic heterocycles. The Bertz CT molecular complexity index is 675. The van der Waals surface area contributed by atoms with Crippen LogP contribution in [0.1, 0.15) is 41.6 Å². The van der Waals surface area contributed by atoms with Crippen molar-refractivity contribution in [1.82, 2.24) is 4.90 Å². The third kappa shape index (κ3) is 4.79. The number of carbonyl (C=O) groups is 3. The van der Waals surface area contributed by atoms with Crippen LogP contribution < -0.4 is 5.32 Å². The van der Waals surface area contributed by atoms with E-state index in [1.807, 2.05) is 20.8 Å². The number of ether oxygens (including phenoxy) is 2. The van der Waals surface area contributed by atoms with Gasteiger partial charge in [0.1, 0.15) is 5.00 Å². The number of anilines is 1. The number of esters is 1. The van der Waals surface area contributed by atoms with Crippen molar-refractivity contribution in [2.45, 2.75) is 46.8 Å². The highest BCUT2D eigenvalue weighted by Crippen LogP contribution is 2.33. The maximum atomic E-state index is 12.4. The molecule has 0 bridgehead atoms. The number of aryl methyl sites for hydroxylation is 1. The molecule has 0 unspecified atom stereocenters. The van der Waals surface area contributed by atoms with Crippen molar-refractivity contribution in [3.05, 3.63) is 16.0 Å². The van der Waals surface area contributed by atoms with Crippen LogP contribution in [0.4, 0.5) is 5.00 Å². The molecule has 2 heterocycles. The molecule has 1 aromatic rings. The van der Waals surface area contributed by atoms with Crippen molar-refractivity contribution in [2.24, 2.45) is 0 Å². The van der Waals surface area contributed by atoms with E-state index in [-0.39, 0.29) is 30.6 Å². The monoisotopic (exact) mass is 368 g/mol. The van der Waals surface area contributed by atoms with Crippen molar-refractivity contribution in [3.8, 4) is 0 Å². The summed E-state index contributed by atoms with van der Waals surface area (Å²) in [5, 5.41) is 3.10. The third-order valence-corrected chi connectivity index (χ3v) is 5.10. The second-order valence-electron chi connectivity index (χ2n) is 6.30. The first-order valence-electron chi connectivity index (χ1n) is 8.17. The molecule has 1 aromatic heterocycles. The summed E-state index contributed by atoms with van der Waals surface area (Å²) in [4.78, 5) is 38.6. The lowest BCUT2D eigenvalue weighted by atomic mass is 10.1. The van der Waals surface area contributed by atoms with Crippen molar-refractivity contribution >= 4 is 34.1 Å². The van der Waals surface area contributed by atoms with Gasteiger partial charge >= 0.3 is 5.97 Å². The van der Waals surface area contributed by atoms with Crippen LogP contribution in [-0.4, -0.2) is 54.6 Å². The number of morpholine rings is 1. The number of amides is 2. The molecule has 2 amide bonds. The van der Waals surface area contributed by atoms with Crippen LogP contribution in [0.25, 0.3) is 0 Å². The lowest BCUT2D eigenvalue weighted by Gasteiger charge is -2.35. The zero-order chi connectivity index (χ0) is 18.7. The highest BCUT2D eigenvalue weighted by atomic mass is 32.1. The molecule has 7 nitrogen and oxygen atoms in total. The van der Waals surface area contributed by atoms with Gasteiger partial charge in [-0.15, -0.1) is 11.3 Å². The summed E-state index contributed by atoms with van der Waals surface area (Å²) in [5.74, 6) is -1.11. The lowest BCUT2D eigenvalue weighted by molar-refractivity contribution is -0.146. The van der Waals surface area contributed by atoms with E-state index in [2.05, 4.69) is 5.32 Å². The van der Waals surface area contributed by atoms with Crippen LogP contribution in [0.3, 0.4) is 0 Å². The highest BCUT2D eigenvalue weighted by Gasteiger charge is 2.27. The third-order valence-electron chi connectivity index (χ3n) is 3.98. The Labute approximate surface area is 151 Å². The smallest absolute Gasteiger partial charge is 0.341 e. The van der Waals surface area contributed by atoms with Crippen LogP contribution in [0, 0.1) is 13.8 Å². The Kier molecular flexibility index (Phi) is 6.18. The number of thiophene rings is 1. The molecular weight excluding hydrogens is 344 g/mol. The quantitative estimate of drug-likeness (QED) is 0.823. The van der Waals surface area contributed by atoms with Crippen LogP contribution in [0.5, 0.6) is 0 Å². The Morgan fingerprint density at radius 3 is 2.40 bits per heavy atom. The molecule has 0 radical (unpaired) electrons. The standard InChI is InChI=1S/C17H24N2O5S/c1-9-6-19(7-10(2)24-9)14(21)8-23-17(22)15-11(3)12(4)25-16(15)18-13(5)20/h9-10H,6-8H2,1-5H3,(H,18,20)/t9-,10-/m0/s1. The van der Waals surface area contributed by atoms with E-state index >= 15 is 0 Å². The predicted octanol–water partition coefficient (Wildman–Crippen LogP) is 2.12. The van der Waals surface area contributed by atoms with E-state index in [1.165, 1.54) is 18.3 Å². The van der Waals surface area contributed by atoms with Crippen LogP contribution in [0.2, 0.25) is 0 Å². The average Bonchev–Trinajstić information content (AvgIpc) is 2.77. The SMILES string of the molecule is CC(=O)Nc1sc(C)c(C)c1C(=O)OCC(=O)N1C[C@H](C)O[C@@H](C)C1. The molecule has 0 spiro atoms. The van der Waals surface area contributed by atoms with Crippen LogP contribution >= 0.6 is 11.3 Å². The van der Waals surface area contributed by atoms with Gasteiger partial charge in [-0.1, -0.05) is 0 Å². The molecular formula is C17H24N2O5S. The van der Waals surface area contributed by atoms with E-state index in [4.69, 9.17) is 9.47 Å². The fourth-order valence-electron chi connectivity index (χ4n) is 2.79. The number of nitrogens with zero attached hydrogens (tertiary/aromatic N) is 1. The Hall–Kier alpha value is -1.93. The van der Waals surface area contributed by atoms with Crippen molar-refractivity contribution in [1.29, 1.82) is 0 Å². The molecule has 138 valence electrons. The van der Waals surface area contributed by atoms with Crippen LogP contribution in [0.15, 0.2) is 0 Å². The molecule has 25 heavy (non-hydrogen) atoms. The summed E-state index contributed by atoms with van der Waals surface area (Å²) in [5.41, 5.74) is 1.06. The van der Waals surface area contributed by atoms with Gasteiger partial charge in [-0.05, 0) is 33.3 Å². The van der Waals surface area contributed by atoms with Gasteiger partial charge in [0.15, 0.2) is 6.61 Å². The summed E-state index contributed by atoms with van der Waals surface area (Å²) in [6, 6.07) is 0. The first-order valence-corrected chi connectivity index (χ1v) is 8.98. The number of hydrogen-bond donors (Lipinski definition) is 1. The molecule has 0 aromatic carbocycles. The second kappa shape index (κ2) is 7.97. The number of nitrogens with one attached hydrogen (secondary N) is 1. The molecule has 0 aliphatic carbocycles.